The van der Waals surface area contributed by atoms with Gasteiger partial charge in [-0.1, -0.05) is 51.4 Å². The van der Waals surface area contributed by atoms with Gasteiger partial charge in [0.1, 0.15) is 6.17 Å². The van der Waals surface area contributed by atoms with Gasteiger partial charge in [0, 0.05) is 0 Å². The Kier molecular flexibility index (Phi) is 11.8. The minimum Gasteiger partial charge on any atom is -0.479 e. The van der Waals surface area contributed by atoms with Crippen LogP contribution in [0.25, 0.3) is 0 Å². The minimum atomic E-state index is -2.39. The predicted molar refractivity (Wildman–Crippen MR) is 69.6 cm³/mol. The second kappa shape index (κ2) is 12.3. The first kappa shape index (κ1) is 18.3. The third-order valence-electron chi connectivity index (χ3n) is 3.17. The SMILES string of the molecule is O=C(O)C(F)C(F)CCCCCCCCCCCF. The second-order valence-corrected chi connectivity index (χ2v) is 4.92. The smallest absolute Gasteiger partial charge is 0.341 e. The van der Waals surface area contributed by atoms with E-state index in [1.807, 2.05) is 0 Å². The Hall–Kier alpha value is -0.740. The maximum absolute atomic E-state index is 13.0. The van der Waals surface area contributed by atoms with Gasteiger partial charge in [0.05, 0.1) is 6.67 Å². The fraction of sp³-hybridized carbons (Fsp3) is 0.929. The number of halogens is 3. The van der Waals surface area contributed by atoms with Crippen LogP contribution in [0.3, 0.4) is 0 Å². The van der Waals surface area contributed by atoms with Gasteiger partial charge in [-0.2, -0.15) is 0 Å². The van der Waals surface area contributed by atoms with Crippen molar-refractivity contribution in [1.29, 1.82) is 0 Å². The minimum absolute atomic E-state index is 0.0238. The lowest BCUT2D eigenvalue weighted by Crippen LogP contribution is -2.26. The molecule has 0 saturated carbocycles. The van der Waals surface area contributed by atoms with Crippen LogP contribution >= 0.6 is 0 Å². The molecule has 0 aromatic heterocycles. The molecular weight excluding hydrogens is 257 g/mol. The van der Waals surface area contributed by atoms with Gasteiger partial charge in [-0.15, -0.1) is 0 Å². The summed E-state index contributed by atoms with van der Waals surface area (Å²) < 4.78 is 37.5. The quantitative estimate of drug-likeness (QED) is 0.500. The van der Waals surface area contributed by atoms with Crippen LogP contribution in [-0.4, -0.2) is 30.1 Å². The van der Waals surface area contributed by atoms with Gasteiger partial charge in [-0.05, 0) is 12.8 Å². The number of hydrogen-bond acceptors (Lipinski definition) is 1. The average molecular weight is 282 g/mol. The molecule has 0 aliphatic carbocycles. The molecule has 1 N–H and O–H groups in total. The van der Waals surface area contributed by atoms with Gasteiger partial charge in [0.25, 0.3) is 0 Å². The van der Waals surface area contributed by atoms with E-state index in [1.165, 1.54) is 0 Å². The number of alkyl halides is 3. The van der Waals surface area contributed by atoms with Crippen molar-refractivity contribution in [3.8, 4) is 0 Å². The van der Waals surface area contributed by atoms with E-state index in [2.05, 4.69) is 0 Å². The number of aliphatic carboxylic acids is 1. The van der Waals surface area contributed by atoms with E-state index in [4.69, 9.17) is 5.11 Å². The standard InChI is InChI=1S/C14H25F3O2/c15-11-9-7-5-3-1-2-4-6-8-10-12(16)13(17)14(18)19/h12-13H,1-11H2,(H,18,19). The highest BCUT2D eigenvalue weighted by atomic mass is 19.2. The summed E-state index contributed by atoms with van der Waals surface area (Å²) in [7, 11) is 0. The highest BCUT2D eigenvalue weighted by molar-refractivity contribution is 5.72. The van der Waals surface area contributed by atoms with E-state index in [1.54, 1.807) is 0 Å². The zero-order valence-electron chi connectivity index (χ0n) is 11.4. The molecule has 0 saturated heterocycles. The molecule has 0 fully saturated rings. The van der Waals surface area contributed by atoms with Crippen molar-refractivity contribution < 1.29 is 23.1 Å². The van der Waals surface area contributed by atoms with Crippen LogP contribution in [-0.2, 0) is 4.79 Å². The number of carboxylic acid groups (broad SMARTS) is 1. The molecule has 2 nitrogen and oxygen atoms in total. The van der Waals surface area contributed by atoms with E-state index in [0.717, 1.165) is 44.9 Å². The van der Waals surface area contributed by atoms with Gasteiger partial charge >= 0.3 is 5.97 Å². The van der Waals surface area contributed by atoms with Crippen molar-refractivity contribution in [3.05, 3.63) is 0 Å². The molecular formula is C14H25F3O2. The molecule has 0 spiro atoms. The molecule has 0 aromatic rings. The van der Waals surface area contributed by atoms with E-state index >= 15 is 0 Å². The zero-order valence-corrected chi connectivity index (χ0v) is 11.4. The lowest BCUT2D eigenvalue weighted by Gasteiger charge is -2.09. The highest BCUT2D eigenvalue weighted by Gasteiger charge is 2.26. The van der Waals surface area contributed by atoms with Crippen LogP contribution in [0.4, 0.5) is 13.2 Å². The Morgan fingerprint density at radius 1 is 0.842 bits per heavy atom. The molecule has 2 atom stereocenters. The highest BCUT2D eigenvalue weighted by Crippen LogP contribution is 2.15. The first-order valence-electron chi connectivity index (χ1n) is 7.16. The third-order valence-corrected chi connectivity index (χ3v) is 3.17. The van der Waals surface area contributed by atoms with Crippen molar-refractivity contribution in [2.24, 2.45) is 0 Å². The summed E-state index contributed by atoms with van der Waals surface area (Å²) in [4.78, 5) is 10.2. The Morgan fingerprint density at radius 3 is 1.68 bits per heavy atom. The van der Waals surface area contributed by atoms with Crippen LogP contribution in [0.2, 0.25) is 0 Å². The van der Waals surface area contributed by atoms with E-state index in [9.17, 15) is 18.0 Å². The molecule has 0 radical (unpaired) electrons. The topological polar surface area (TPSA) is 37.3 Å². The van der Waals surface area contributed by atoms with Crippen molar-refractivity contribution >= 4 is 5.97 Å². The molecule has 2 unspecified atom stereocenters. The van der Waals surface area contributed by atoms with Gasteiger partial charge in [0.15, 0.2) is 0 Å². The fourth-order valence-corrected chi connectivity index (χ4v) is 1.97. The largest absolute Gasteiger partial charge is 0.479 e. The fourth-order valence-electron chi connectivity index (χ4n) is 1.97. The van der Waals surface area contributed by atoms with Gasteiger partial charge in [-0.3, -0.25) is 4.39 Å². The molecule has 0 amide bonds. The van der Waals surface area contributed by atoms with Crippen LogP contribution < -0.4 is 0 Å². The molecule has 0 rings (SSSR count). The van der Waals surface area contributed by atoms with E-state index < -0.39 is 18.3 Å². The molecule has 0 heterocycles. The summed E-state index contributed by atoms with van der Waals surface area (Å²) in [5, 5.41) is 8.28. The van der Waals surface area contributed by atoms with Crippen molar-refractivity contribution in [3.63, 3.8) is 0 Å². The molecule has 19 heavy (non-hydrogen) atoms. The van der Waals surface area contributed by atoms with Gasteiger partial charge in [-0.25, -0.2) is 13.6 Å². The predicted octanol–water partition coefficient (Wildman–Crippen LogP) is 4.62. The Labute approximate surface area is 113 Å². The summed E-state index contributed by atoms with van der Waals surface area (Å²) in [6.07, 6.45) is 3.84. The molecule has 114 valence electrons. The summed E-state index contributed by atoms with van der Waals surface area (Å²) in [5.74, 6) is -1.72. The Bertz CT molecular complexity index is 225. The number of carbonyl (C=O) groups is 1. The lowest BCUT2D eigenvalue weighted by atomic mass is 10.0. The van der Waals surface area contributed by atoms with Gasteiger partial charge < -0.3 is 5.11 Å². The lowest BCUT2D eigenvalue weighted by molar-refractivity contribution is -0.145. The van der Waals surface area contributed by atoms with E-state index in [-0.39, 0.29) is 13.1 Å². The second-order valence-electron chi connectivity index (χ2n) is 4.92. The monoisotopic (exact) mass is 282 g/mol. The molecule has 0 bridgehead atoms. The first-order chi connectivity index (χ1) is 9.09. The number of carboxylic acids is 1. The van der Waals surface area contributed by atoms with Crippen LogP contribution in [0.1, 0.15) is 64.2 Å². The summed E-state index contributed by atoms with van der Waals surface area (Å²) in [6, 6.07) is 0. The third kappa shape index (κ3) is 10.8. The normalized spacial score (nSPS) is 14.3. The van der Waals surface area contributed by atoms with Gasteiger partial charge in [0.2, 0.25) is 6.17 Å². The first-order valence-corrected chi connectivity index (χ1v) is 7.16. The van der Waals surface area contributed by atoms with E-state index in [0.29, 0.717) is 12.8 Å². The molecule has 0 aromatic carbocycles. The average Bonchev–Trinajstić information content (AvgIpc) is 2.39. The Morgan fingerprint density at radius 2 is 1.26 bits per heavy atom. The zero-order chi connectivity index (χ0) is 14.5. The Balaban J connectivity index is 3.25. The maximum Gasteiger partial charge on any atom is 0.341 e. The number of rotatable bonds is 13. The van der Waals surface area contributed by atoms with Crippen LogP contribution in [0.5, 0.6) is 0 Å². The van der Waals surface area contributed by atoms with Crippen molar-refractivity contribution in [2.75, 3.05) is 6.67 Å². The number of unbranched alkanes of at least 4 members (excludes halogenated alkanes) is 8. The number of hydrogen-bond donors (Lipinski definition) is 1. The summed E-state index contributed by atoms with van der Waals surface area (Å²) >= 11 is 0. The molecule has 0 aliphatic heterocycles. The van der Waals surface area contributed by atoms with Crippen LogP contribution in [0.15, 0.2) is 0 Å². The van der Waals surface area contributed by atoms with Crippen LogP contribution in [0, 0.1) is 0 Å². The maximum atomic E-state index is 13.0. The molecule has 5 heteroatoms. The summed E-state index contributed by atoms with van der Waals surface area (Å²) in [5.41, 5.74) is 0. The summed E-state index contributed by atoms with van der Waals surface area (Å²) in [6.45, 7) is -0.240. The molecule has 0 aliphatic rings. The van der Waals surface area contributed by atoms with Crippen molar-refractivity contribution in [2.45, 2.75) is 76.6 Å². The van der Waals surface area contributed by atoms with Crippen molar-refractivity contribution in [1.82, 2.24) is 0 Å².